The van der Waals surface area contributed by atoms with Gasteiger partial charge in [0.05, 0.1) is 12.2 Å². The number of hydrogen-bond donors (Lipinski definition) is 1. The van der Waals surface area contributed by atoms with Crippen molar-refractivity contribution in [1.29, 1.82) is 0 Å². The summed E-state index contributed by atoms with van der Waals surface area (Å²) < 4.78 is 0. The first kappa shape index (κ1) is 15.8. The largest absolute Gasteiger partial charge is 0.324 e. The van der Waals surface area contributed by atoms with Gasteiger partial charge in [0.1, 0.15) is 0 Å². The molecule has 0 aromatic carbocycles. The molecule has 3 atom stereocenters. The molecule has 2 aliphatic rings. The molecule has 3 unspecified atom stereocenters. The monoisotopic (exact) mass is 281 g/mol. The molecule has 4 nitrogen and oxygen atoms in total. The highest BCUT2D eigenvalue weighted by Crippen LogP contribution is 2.28. The van der Waals surface area contributed by atoms with Crippen LogP contribution in [-0.4, -0.2) is 53.6 Å². The van der Waals surface area contributed by atoms with Crippen LogP contribution in [0.5, 0.6) is 0 Å². The molecule has 0 aromatic heterocycles. The van der Waals surface area contributed by atoms with E-state index < -0.39 is 0 Å². The van der Waals surface area contributed by atoms with Crippen molar-refractivity contribution >= 4 is 5.91 Å². The Kier molecular flexibility index (Phi) is 5.44. The molecule has 4 heteroatoms. The van der Waals surface area contributed by atoms with E-state index in [-0.39, 0.29) is 12.2 Å². The van der Waals surface area contributed by atoms with Crippen LogP contribution < -0.4 is 5.32 Å². The van der Waals surface area contributed by atoms with E-state index in [4.69, 9.17) is 0 Å². The molecule has 1 saturated heterocycles. The molecule has 20 heavy (non-hydrogen) atoms. The Balaban J connectivity index is 1.96. The van der Waals surface area contributed by atoms with E-state index in [0.717, 1.165) is 38.3 Å². The summed E-state index contributed by atoms with van der Waals surface area (Å²) in [5.74, 6) is 0.321. The van der Waals surface area contributed by atoms with Crippen LogP contribution in [0.1, 0.15) is 59.3 Å². The highest BCUT2D eigenvalue weighted by molar-refractivity contribution is 5.84. The molecule has 2 rings (SSSR count). The number of amides is 1. The highest BCUT2D eigenvalue weighted by atomic mass is 16.2. The van der Waals surface area contributed by atoms with E-state index in [9.17, 15) is 4.79 Å². The Hall–Kier alpha value is -0.610. The molecule has 0 spiro atoms. The molecule has 0 radical (unpaired) electrons. The van der Waals surface area contributed by atoms with Gasteiger partial charge < -0.3 is 4.90 Å². The predicted molar refractivity (Wildman–Crippen MR) is 82.5 cm³/mol. The summed E-state index contributed by atoms with van der Waals surface area (Å²) in [7, 11) is 2.20. The Morgan fingerprint density at radius 3 is 2.50 bits per heavy atom. The zero-order valence-electron chi connectivity index (χ0n) is 13.6. The first-order chi connectivity index (χ1) is 9.58. The van der Waals surface area contributed by atoms with Crippen LogP contribution in [0.15, 0.2) is 0 Å². The van der Waals surface area contributed by atoms with Gasteiger partial charge in [0.15, 0.2) is 0 Å². The van der Waals surface area contributed by atoms with Crippen molar-refractivity contribution in [3.05, 3.63) is 0 Å². The predicted octanol–water partition coefficient (Wildman–Crippen LogP) is 2.20. The van der Waals surface area contributed by atoms with Crippen molar-refractivity contribution in [3.8, 4) is 0 Å². The van der Waals surface area contributed by atoms with Gasteiger partial charge in [0, 0.05) is 18.6 Å². The Bertz CT molecular complexity index is 330. The summed E-state index contributed by atoms with van der Waals surface area (Å²) in [6.45, 7) is 7.46. The van der Waals surface area contributed by atoms with Crippen LogP contribution in [0, 0.1) is 0 Å². The smallest absolute Gasteiger partial charge is 0.241 e. The van der Waals surface area contributed by atoms with Gasteiger partial charge in [-0.05, 0) is 39.7 Å². The zero-order chi connectivity index (χ0) is 14.7. The van der Waals surface area contributed by atoms with Crippen molar-refractivity contribution in [2.75, 3.05) is 13.6 Å². The van der Waals surface area contributed by atoms with Crippen molar-refractivity contribution in [2.45, 2.75) is 83.6 Å². The number of rotatable bonds is 8. The molecule has 1 aliphatic heterocycles. The van der Waals surface area contributed by atoms with Crippen LogP contribution in [0.25, 0.3) is 0 Å². The van der Waals surface area contributed by atoms with Gasteiger partial charge in [-0.3, -0.25) is 15.0 Å². The minimum Gasteiger partial charge on any atom is -0.324 e. The summed E-state index contributed by atoms with van der Waals surface area (Å²) in [5.41, 5.74) is 0. The maximum atomic E-state index is 12.6. The summed E-state index contributed by atoms with van der Waals surface area (Å²) >= 11 is 0. The molecule has 0 bridgehead atoms. The van der Waals surface area contributed by atoms with E-state index >= 15 is 0 Å². The topological polar surface area (TPSA) is 35.6 Å². The number of likely N-dealkylation sites (N-methyl/N-ethyl adjacent to an activating group) is 1. The molecule has 1 saturated carbocycles. The van der Waals surface area contributed by atoms with Gasteiger partial charge in [0.2, 0.25) is 5.91 Å². The first-order valence-corrected chi connectivity index (χ1v) is 8.36. The fourth-order valence-electron chi connectivity index (χ4n) is 3.23. The average Bonchev–Trinajstić information content (AvgIpc) is 3.22. The van der Waals surface area contributed by atoms with Crippen molar-refractivity contribution in [2.24, 2.45) is 0 Å². The van der Waals surface area contributed by atoms with Crippen LogP contribution >= 0.6 is 0 Å². The highest BCUT2D eigenvalue weighted by Gasteiger charge is 2.39. The van der Waals surface area contributed by atoms with Gasteiger partial charge in [-0.25, -0.2) is 0 Å². The van der Waals surface area contributed by atoms with E-state index in [0.29, 0.717) is 11.9 Å². The minimum absolute atomic E-state index is 0.0509. The Morgan fingerprint density at radius 1 is 1.30 bits per heavy atom. The lowest BCUT2D eigenvalue weighted by Crippen LogP contribution is -2.46. The normalized spacial score (nSPS) is 28.4. The quantitative estimate of drug-likeness (QED) is 0.741. The van der Waals surface area contributed by atoms with Gasteiger partial charge >= 0.3 is 0 Å². The third-order valence-corrected chi connectivity index (χ3v) is 4.77. The SMILES string of the molecule is CCCC1NC(CCC)N(CC(C)N(C)C2CC2)C1=O. The zero-order valence-corrected chi connectivity index (χ0v) is 13.6. The molecule has 1 aliphatic carbocycles. The number of nitrogens with one attached hydrogen (secondary N) is 1. The number of hydrogen-bond acceptors (Lipinski definition) is 3. The van der Waals surface area contributed by atoms with E-state index in [1.54, 1.807) is 0 Å². The summed E-state index contributed by atoms with van der Waals surface area (Å²) in [6, 6.07) is 1.26. The third-order valence-electron chi connectivity index (χ3n) is 4.77. The van der Waals surface area contributed by atoms with Gasteiger partial charge in [-0.15, -0.1) is 0 Å². The molecule has 2 fully saturated rings. The molecule has 0 aromatic rings. The summed E-state index contributed by atoms with van der Waals surface area (Å²) in [5, 5.41) is 3.54. The number of carbonyl (C=O) groups is 1. The molecule has 1 N–H and O–H groups in total. The van der Waals surface area contributed by atoms with Gasteiger partial charge in [0.25, 0.3) is 0 Å². The van der Waals surface area contributed by atoms with Crippen LogP contribution in [0.2, 0.25) is 0 Å². The third kappa shape index (κ3) is 3.53. The second-order valence-corrected chi connectivity index (χ2v) is 6.55. The van der Waals surface area contributed by atoms with Crippen LogP contribution in [-0.2, 0) is 4.79 Å². The lowest BCUT2D eigenvalue weighted by molar-refractivity contribution is -0.131. The van der Waals surface area contributed by atoms with Crippen molar-refractivity contribution < 1.29 is 4.79 Å². The molecule has 1 heterocycles. The second-order valence-electron chi connectivity index (χ2n) is 6.55. The average molecular weight is 281 g/mol. The van der Waals surface area contributed by atoms with E-state index in [2.05, 4.69) is 42.9 Å². The molecular formula is C16H31N3O. The molecule has 1 amide bonds. The lowest BCUT2D eigenvalue weighted by atomic mass is 10.1. The van der Waals surface area contributed by atoms with E-state index in [1.807, 2.05) is 0 Å². The van der Waals surface area contributed by atoms with E-state index in [1.165, 1.54) is 12.8 Å². The Labute approximate surface area is 123 Å². The van der Waals surface area contributed by atoms with Crippen LogP contribution in [0.4, 0.5) is 0 Å². The van der Waals surface area contributed by atoms with Crippen molar-refractivity contribution in [3.63, 3.8) is 0 Å². The fraction of sp³-hybridized carbons (Fsp3) is 0.938. The van der Waals surface area contributed by atoms with Gasteiger partial charge in [-0.1, -0.05) is 26.7 Å². The van der Waals surface area contributed by atoms with Crippen LogP contribution in [0.3, 0.4) is 0 Å². The number of nitrogens with zero attached hydrogens (tertiary/aromatic N) is 2. The Morgan fingerprint density at radius 2 is 1.95 bits per heavy atom. The standard InChI is InChI=1S/C16H31N3O/c1-5-7-14-16(20)19(15(17-14)8-6-2)11-12(3)18(4)13-9-10-13/h12-15,17H,5-11H2,1-4H3. The maximum Gasteiger partial charge on any atom is 0.241 e. The summed E-state index contributed by atoms with van der Waals surface area (Å²) in [4.78, 5) is 17.1. The summed E-state index contributed by atoms with van der Waals surface area (Å²) in [6.07, 6.45) is 7.10. The maximum absolute atomic E-state index is 12.6. The number of carbonyl (C=O) groups excluding carboxylic acids is 1. The minimum atomic E-state index is 0.0509. The fourth-order valence-corrected chi connectivity index (χ4v) is 3.23. The second kappa shape index (κ2) is 6.90. The van der Waals surface area contributed by atoms with Gasteiger partial charge in [-0.2, -0.15) is 0 Å². The molecule has 116 valence electrons. The first-order valence-electron chi connectivity index (χ1n) is 8.36. The lowest BCUT2D eigenvalue weighted by Gasteiger charge is -2.32. The molecular weight excluding hydrogens is 250 g/mol. The van der Waals surface area contributed by atoms with Crippen molar-refractivity contribution in [1.82, 2.24) is 15.1 Å².